The van der Waals surface area contributed by atoms with Crippen molar-refractivity contribution in [1.82, 2.24) is 5.32 Å². The molecule has 1 aliphatic heterocycles. The second-order valence-corrected chi connectivity index (χ2v) is 8.58. The summed E-state index contributed by atoms with van der Waals surface area (Å²) in [6.07, 6.45) is 1.99. The highest BCUT2D eigenvalue weighted by atomic mass is 32.2. The first kappa shape index (κ1) is 21.8. The van der Waals surface area contributed by atoms with Crippen LogP contribution in [-0.4, -0.2) is 39.6 Å². The molecule has 1 saturated heterocycles. The molecule has 9 nitrogen and oxygen atoms in total. The molecule has 3 rings (SSSR count). The van der Waals surface area contributed by atoms with Gasteiger partial charge in [-0.05, 0) is 56.2 Å². The monoisotopic (exact) mass is 432 g/mol. The molecular formula is C20H24N4O5S. The molecule has 2 aromatic rings. The number of urea groups is 1. The molecule has 0 aliphatic carbocycles. The molecule has 0 bridgehead atoms. The Kier molecular flexibility index (Phi) is 6.70. The maximum absolute atomic E-state index is 12.6. The standard InChI is InChI=1S/C20H24N4O5S/c1-13-4-9-18(30(21,27)28)17(11-13)19(25)23-14-5-7-15(8-6-14)24-20(26)22-12-16-3-2-10-29-16/h4-9,11,16H,2-3,10,12H2,1H3,(H,23,25)(H2,21,27,28)(H2,22,24,26). The Morgan fingerprint density at radius 1 is 1.10 bits per heavy atom. The van der Waals surface area contributed by atoms with Gasteiger partial charge in [0.05, 0.1) is 16.6 Å². The van der Waals surface area contributed by atoms with Crippen LogP contribution in [0.1, 0.15) is 28.8 Å². The number of nitrogens with two attached hydrogens (primary N) is 1. The second kappa shape index (κ2) is 9.24. The van der Waals surface area contributed by atoms with Gasteiger partial charge in [-0.3, -0.25) is 4.79 Å². The zero-order chi connectivity index (χ0) is 21.7. The van der Waals surface area contributed by atoms with E-state index >= 15 is 0 Å². The van der Waals surface area contributed by atoms with Gasteiger partial charge >= 0.3 is 6.03 Å². The predicted octanol–water partition coefficient (Wildman–Crippen LogP) is 2.20. The van der Waals surface area contributed by atoms with Gasteiger partial charge in [-0.25, -0.2) is 18.4 Å². The lowest BCUT2D eigenvalue weighted by Gasteiger charge is -2.12. The molecule has 3 amide bonds. The van der Waals surface area contributed by atoms with Gasteiger partial charge in [-0.2, -0.15) is 0 Å². The first-order valence-electron chi connectivity index (χ1n) is 9.44. The van der Waals surface area contributed by atoms with Gasteiger partial charge in [-0.1, -0.05) is 11.6 Å². The number of hydrogen-bond acceptors (Lipinski definition) is 5. The van der Waals surface area contributed by atoms with Gasteiger partial charge in [0.1, 0.15) is 0 Å². The van der Waals surface area contributed by atoms with Crippen molar-refractivity contribution in [3.8, 4) is 0 Å². The number of sulfonamides is 1. The third kappa shape index (κ3) is 5.78. The van der Waals surface area contributed by atoms with Crippen LogP contribution in [0.3, 0.4) is 0 Å². The van der Waals surface area contributed by atoms with Crippen molar-refractivity contribution in [1.29, 1.82) is 0 Å². The Hall–Kier alpha value is -2.95. The molecule has 0 saturated carbocycles. The Labute approximate surface area is 175 Å². The van der Waals surface area contributed by atoms with Crippen molar-refractivity contribution < 1.29 is 22.7 Å². The molecule has 30 heavy (non-hydrogen) atoms. The Bertz CT molecular complexity index is 1030. The van der Waals surface area contributed by atoms with Crippen LogP contribution in [0.15, 0.2) is 47.4 Å². The topological polar surface area (TPSA) is 140 Å². The Balaban J connectivity index is 1.61. The van der Waals surface area contributed by atoms with Gasteiger partial charge in [0.25, 0.3) is 5.91 Å². The summed E-state index contributed by atoms with van der Waals surface area (Å²) in [6.45, 7) is 2.92. The maximum Gasteiger partial charge on any atom is 0.319 e. The second-order valence-electron chi connectivity index (χ2n) is 7.05. The minimum absolute atomic E-state index is 0.0341. The normalized spacial score (nSPS) is 16.1. The summed E-state index contributed by atoms with van der Waals surface area (Å²) < 4.78 is 29.0. The third-order valence-corrected chi connectivity index (χ3v) is 5.57. The van der Waals surface area contributed by atoms with E-state index in [1.807, 2.05) is 0 Å². The van der Waals surface area contributed by atoms with Gasteiger partial charge < -0.3 is 20.7 Å². The zero-order valence-corrected chi connectivity index (χ0v) is 17.3. The van der Waals surface area contributed by atoms with Crippen LogP contribution in [0, 0.1) is 6.92 Å². The van der Waals surface area contributed by atoms with E-state index in [2.05, 4.69) is 16.0 Å². The number of primary sulfonamides is 1. The van der Waals surface area contributed by atoms with E-state index in [1.54, 1.807) is 37.3 Å². The number of ether oxygens (including phenoxy) is 1. The molecule has 0 radical (unpaired) electrons. The summed E-state index contributed by atoms with van der Waals surface area (Å²) in [5, 5.41) is 13.3. The highest BCUT2D eigenvalue weighted by molar-refractivity contribution is 7.89. The largest absolute Gasteiger partial charge is 0.376 e. The van der Waals surface area contributed by atoms with Crippen molar-refractivity contribution in [2.45, 2.75) is 30.8 Å². The fourth-order valence-electron chi connectivity index (χ4n) is 3.09. The van der Waals surface area contributed by atoms with Gasteiger partial charge in [0.15, 0.2) is 0 Å². The van der Waals surface area contributed by atoms with Crippen molar-refractivity contribution >= 4 is 33.3 Å². The number of amides is 3. The SMILES string of the molecule is Cc1ccc(S(N)(=O)=O)c(C(=O)Nc2ccc(NC(=O)NCC3CCCO3)cc2)c1. The van der Waals surface area contributed by atoms with Crippen LogP contribution in [0.25, 0.3) is 0 Å². The van der Waals surface area contributed by atoms with E-state index in [0.29, 0.717) is 17.9 Å². The van der Waals surface area contributed by atoms with E-state index in [1.165, 1.54) is 12.1 Å². The highest BCUT2D eigenvalue weighted by Crippen LogP contribution is 2.19. The smallest absolute Gasteiger partial charge is 0.319 e. The fourth-order valence-corrected chi connectivity index (χ4v) is 3.81. The summed E-state index contributed by atoms with van der Waals surface area (Å²) in [5.74, 6) is -0.599. The molecule has 1 atom stereocenters. The Morgan fingerprint density at radius 3 is 2.37 bits per heavy atom. The highest BCUT2D eigenvalue weighted by Gasteiger charge is 2.20. The molecule has 0 aromatic heterocycles. The number of rotatable bonds is 6. The van der Waals surface area contributed by atoms with E-state index < -0.39 is 15.9 Å². The number of nitrogens with one attached hydrogen (secondary N) is 3. The predicted molar refractivity (Wildman–Crippen MR) is 113 cm³/mol. The van der Waals surface area contributed by atoms with E-state index in [9.17, 15) is 18.0 Å². The Morgan fingerprint density at radius 2 is 1.77 bits per heavy atom. The number of anilines is 2. The van der Waals surface area contributed by atoms with Crippen LogP contribution >= 0.6 is 0 Å². The zero-order valence-electron chi connectivity index (χ0n) is 16.5. The van der Waals surface area contributed by atoms with Gasteiger partial charge in [0.2, 0.25) is 10.0 Å². The molecule has 0 spiro atoms. The van der Waals surface area contributed by atoms with E-state index in [0.717, 1.165) is 25.0 Å². The van der Waals surface area contributed by atoms with Gasteiger partial charge in [-0.15, -0.1) is 0 Å². The average molecular weight is 433 g/mol. The lowest BCUT2D eigenvalue weighted by Crippen LogP contribution is -2.35. The summed E-state index contributed by atoms with van der Waals surface area (Å²) in [6, 6.07) is 10.4. The molecule has 5 N–H and O–H groups in total. The lowest BCUT2D eigenvalue weighted by molar-refractivity contribution is 0.102. The average Bonchev–Trinajstić information content (AvgIpc) is 3.20. The molecule has 1 heterocycles. The molecule has 1 unspecified atom stereocenters. The van der Waals surface area contributed by atoms with Crippen LogP contribution < -0.4 is 21.1 Å². The van der Waals surface area contributed by atoms with Crippen LogP contribution in [-0.2, 0) is 14.8 Å². The minimum Gasteiger partial charge on any atom is -0.376 e. The van der Waals surface area contributed by atoms with Gasteiger partial charge in [0, 0.05) is 24.5 Å². The summed E-state index contributed by atoms with van der Waals surface area (Å²) in [7, 11) is -4.04. The van der Waals surface area contributed by atoms with Crippen molar-refractivity contribution in [3.63, 3.8) is 0 Å². The number of carbonyl (C=O) groups is 2. The quantitative estimate of drug-likeness (QED) is 0.554. The van der Waals surface area contributed by atoms with Crippen LogP contribution in [0.5, 0.6) is 0 Å². The lowest BCUT2D eigenvalue weighted by atomic mass is 10.1. The summed E-state index contributed by atoms with van der Waals surface area (Å²) in [5.41, 5.74) is 1.67. The van der Waals surface area contributed by atoms with Crippen molar-refractivity contribution in [3.05, 3.63) is 53.6 Å². The molecule has 2 aromatic carbocycles. The summed E-state index contributed by atoms with van der Waals surface area (Å²) in [4.78, 5) is 24.3. The third-order valence-electron chi connectivity index (χ3n) is 4.60. The summed E-state index contributed by atoms with van der Waals surface area (Å²) >= 11 is 0. The number of carbonyl (C=O) groups excluding carboxylic acids is 2. The first-order chi connectivity index (χ1) is 14.2. The molecule has 1 fully saturated rings. The van der Waals surface area contributed by atoms with E-state index in [-0.39, 0.29) is 22.6 Å². The number of hydrogen-bond donors (Lipinski definition) is 4. The minimum atomic E-state index is -4.04. The van der Waals surface area contributed by atoms with Crippen LogP contribution in [0.2, 0.25) is 0 Å². The van der Waals surface area contributed by atoms with Crippen molar-refractivity contribution in [2.75, 3.05) is 23.8 Å². The molecular weight excluding hydrogens is 408 g/mol. The van der Waals surface area contributed by atoms with Crippen molar-refractivity contribution in [2.24, 2.45) is 5.14 Å². The fraction of sp³-hybridized carbons (Fsp3) is 0.300. The molecule has 160 valence electrons. The number of aryl methyl sites for hydroxylation is 1. The van der Waals surface area contributed by atoms with Crippen LogP contribution in [0.4, 0.5) is 16.2 Å². The molecule has 10 heteroatoms. The first-order valence-corrected chi connectivity index (χ1v) is 11.0. The maximum atomic E-state index is 12.6. The number of benzene rings is 2. The molecule has 1 aliphatic rings. The van der Waals surface area contributed by atoms with E-state index in [4.69, 9.17) is 9.88 Å².